The molecule has 0 saturated carbocycles. The smallest absolute Gasteiger partial charge is 0.193 e. The van der Waals surface area contributed by atoms with Crippen molar-refractivity contribution in [2.75, 3.05) is 52.1 Å². The third-order valence-electron chi connectivity index (χ3n) is 4.90. The number of aliphatic imine (C=N–C) groups is 1. The van der Waals surface area contributed by atoms with Crippen molar-refractivity contribution in [1.82, 2.24) is 15.1 Å². The van der Waals surface area contributed by atoms with E-state index in [9.17, 15) is 0 Å². The van der Waals surface area contributed by atoms with Crippen molar-refractivity contribution < 1.29 is 0 Å². The van der Waals surface area contributed by atoms with E-state index < -0.39 is 0 Å². The van der Waals surface area contributed by atoms with Crippen LogP contribution in [0, 0.1) is 5.92 Å². The quantitative estimate of drug-likeness (QED) is 0.621. The molecule has 2 rings (SSSR count). The number of thioether (sulfide) groups is 1. The molecule has 2 aliphatic rings. The summed E-state index contributed by atoms with van der Waals surface area (Å²) in [5.74, 6) is 3.16. The molecule has 2 saturated heterocycles. The van der Waals surface area contributed by atoms with Crippen LogP contribution in [0.3, 0.4) is 0 Å². The van der Waals surface area contributed by atoms with Crippen molar-refractivity contribution in [2.45, 2.75) is 44.8 Å². The lowest BCUT2D eigenvalue weighted by Crippen LogP contribution is -2.49. The van der Waals surface area contributed by atoms with E-state index in [0.29, 0.717) is 0 Å². The van der Waals surface area contributed by atoms with Crippen LogP contribution in [0.2, 0.25) is 0 Å². The summed E-state index contributed by atoms with van der Waals surface area (Å²) in [6, 6.07) is 0. The van der Waals surface area contributed by atoms with Gasteiger partial charge in [-0.1, -0.05) is 13.8 Å². The fourth-order valence-electron chi connectivity index (χ4n) is 3.46. The lowest BCUT2D eigenvalue weighted by atomic mass is 9.97. The topological polar surface area (TPSA) is 30.9 Å². The van der Waals surface area contributed by atoms with Crippen LogP contribution in [0.5, 0.6) is 0 Å². The van der Waals surface area contributed by atoms with Crippen LogP contribution < -0.4 is 5.32 Å². The summed E-state index contributed by atoms with van der Waals surface area (Å²) in [6.07, 6.45) is 5.20. The Morgan fingerprint density at radius 2 is 2.00 bits per heavy atom. The van der Waals surface area contributed by atoms with Crippen molar-refractivity contribution in [2.24, 2.45) is 10.9 Å². The molecule has 2 heterocycles. The first-order chi connectivity index (χ1) is 10.8. The summed E-state index contributed by atoms with van der Waals surface area (Å²) in [6.45, 7) is 11.8. The fourth-order valence-corrected chi connectivity index (χ4v) is 4.64. The minimum absolute atomic E-state index is 0.768. The van der Waals surface area contributed by atoms with Gasteiger partial charge < -0.3 is 15.1 Å². The van der Waals surface area contributed by atoms with Gasteiger partial charge in [-0.15, -0.1) is 0 Å². The van der Waals surface area contributed by atoms with Gasteiger partial charge in [0, 0.05) is 37.7 Å². The van der Waals surface area contributed by atoms with Gasteiger partial charge in [-0.05, 0) is 51.2 Å². The zero-order valence-corrected chi connectivity index (χ0v) is 15.5. The van der Waals surface area contributed by atoms with Crippen LogP contribution in [0.15, 0.2) is 4.99 Å². The van der Waals surface area contributed by atoms with Crippen LogP contribution in [-0.4, -0.2) is 73.1 Å². The molecule has 22 heavy (non-hydrogen) atoms. The van der Waals surface area contributed by atoms with Gasteiger partial charge in [-0.3, -0.25) is 4.99 Å². The maximum Gasteiger partial charge on any atom is 0.193 e. The second-order valence-electron chi connectivity index (χ2n) is 6.56. The Morgan fingerprint density at radius 1 is 1.23 bits per heavy atom. The summed E-state index contributed by atoms with van der Waals surface area (Å²) in [5, 5.41) is 4.42. The molecule has 0 aromatic carbocycles. The number of nitrogens with zero attached hydrogens (tertiary/aromatic N) is 3. The first kappa shape index (κ1) is 17.9. The molecule has 128 valence electrons. The number of piperidine rings is 1. The molecule has 0 radical (unpaired) electrons. The van der Waals surface area contributed by atoms with E-state index >= 15 is 0 Å². The molecular weight excluding hydrogens is 292 g/mol. The molecule has 2 fully saturated rings. The van der Waals surface area contributed by atoms with Gasteiger partial charge in [0.15, 0.2) is 5.96 Å². The lowest BCUT2D eigenvalue weighted by Gasteiger charge is -2.36. The molecular formula is C17H34N4S. The summed E-state index contributed by atoms with van der Waals surface area (Å²) in [7, 11) is 1.93. The minimum Gasteiger partial charge on any atom is -0.356 e. The van der Waals surface area contributed by atoms with E-state index in [1.807, 2.05) is 7.05 Å². The molecule has 4 nitrogen and oxygen atoms in total. The highest BCUT2D eigenvalue weighted by Gasteiger charge is 2.23. The third kappa shape index (κ3) is 5.34. The lowest BCUT2D eigenvalue weighted by molar-refractivity contribution is 0.185. The van der Waals surface area contributed by atoms with E-state index in [4.69, 9.17) is 0 Å². The number of hydrogen-bond donors (Lipinski definition) is 1. The maximum atomic E-state index is 4.52. The van der Waals surface area contributed by atoms with Crippen molar-refractivity contribution >= 4 is 17.7 Å². The number of guanidine groups is 1. The first-order valence-corrected chi connectivity index (χ1v) is 10.1. The van der Waals surface area contributed by atoms with Crippen LogP contribution in [0.4, 0.5) is 0 Å². The Kier molecular flexibility index (Phi) is 7.87. The maximum absolute atomic E-state index is 4.52. The standard InChI is InChI=1S/C17H34N4S/c1-4-8-20-9-6-15(7-10-20)13-19-17(18-3)21-11-12-22-16(5-2)14-21/h15-16H,4-14H2,1-3H3,(H,18,19). The zero-order valence-electron chi connectivity index (χ0n) is 14.7. The van der Waals surface area contributed by atoms with Crippen LogP contribution >= 0.6 is 11.8 Å². The molecule has 0 aliphatic carbocycles. The Balaban J connectivity index is 1.73. The van der Waals surface area contributed by atoms with Crippen molar-refractivity contribution in [3.63, 3.8) is 0 Å². The monoisotopic (exact) mass is 326 g/mol. The average Bonchev–Trinajstić information content (AvgIpc) is 2.57. The second kappa shape index (κ2) is 9.66. The van der Waals surface area contributed by atoms with Gasteiger partial charge in [0.05, 0.1) is 0 Å². The summed E-state index contributed by atoms with van der Waals surface area (Å²) >= 11 is 2.12. The molecule has 0 amide bonds. The number of rotatable bonds is 5. The number of nitrogens with one attached hydrogen (secondary N) is 1. The molecule has 2 aliphatic heterocycles. The van der Waals surface area contributed by atoms with Gasteiger partial charge in [0.2, 0.25) is 0 Å². The highest BCUT2D eigenvalue weighted by molar-refractivity contribution is 8.00. The minimum atomic E-state index is 0.768. The highest BCUT2D eigenvalue weighted by atomic mass is 32.2. The summed E-state index contributed by atoms with van der Waals surface area (Å²) < 4.78 is 0. The fraction of sp³-hybridized carbons (Fsp3) is 0.941. The predicted octanol–water partition coefficient (Wildman–Crippen LogP) is 2.51. The molecule has 0 aromatic heterocycles. The zero-order chi connectivity index (χ0) is 15.8. The number of likely N-dealkylation sites (tertiary alicyclic amines) is 1. The molecule has 1 atom stereocenters. The Bertz CT molecular complexity index is 340. The SMILES string of the molecule is CCCN1CCC(CNC(=NC)N2CCSC(CC)C2)CC1. The third-order valence-corrected chi connectivity index (χ3v) is 6.27. The van der Waals surface area contributed by atoms with E-state index in [1.54, 1.807) is 0 Å². The van der Waals surface area contributed by atoms with Crippen molar-refractivity contribution in [1.29, 1.82) is 0 Å². The largest absolute Gasteiger partial charge is 0.356 e. The number of hydrogen-bond acceptors (Lipinski definition) is 3. The van der Waals surface area contributed by atoms with Crippen LogP contribution in [-0.2, 0) is 0 Å². The average molecular weight is 327 g/mol. The van der Waals surface area contributed by atoms with Gasteiger partial charge >= 0.3 is 0 Å². The van der Waals surface area contributed by atoms with Gasteiger partial charge in [0.25, 0.3) is 0 Å². The highest BCUT2D eigenvalue weighted by Crippen LogP contribution is 2.21. The van der Waals surface area contributed by atoms with Crippen molar-refractivity contribution in [3.8, 4) is 0 Å². The molecule has 5 heteroatoms. The van der Waals surface area contributed by atoms with Gasteiger partial charge in [0.1, 0.15) is 0 Å². The van der Waals surface area contributed by atoms with Crippen LogP contribution in [0.25, 0.3) is 0 Å². The Labute approximate surface area is 141 Å². The molecule has 0 spiro atoms. The summed E-state index contributed by atoms with van der Waals surface area (Å²) in [5.41, 5.74) is 0. The molecule has 0 aromatic rings. The first-order valence-electron chi connectivity index (χ1n) is 9.06. The van der Waals surface area contributed by atoms with E-state index in [1.165, 1.54) is 51.1 Å². The van der Waals surface area contributed by atoms with Gasteiger partial charge in [-0.25, -0.2) is 0 Å². The Hall–Kier alpha value is -0.420. The summed E-state index contributed by atoms with van der Waals surface area (Å²) in [4.78, 5) is 9.59. The normalized spacial score (nSPS) is 25.5. The van der Waals surface area contributed by atoms with E-state index in [2.05, 4.69) is 45.7 Å². The molecule has 0 bridgehead atoms. The van der Waals surface area contributed by atoms with Gasteiger partial charge in [-0.2, -0.15) is 11.8 Å². The Morgan fingerprint density at radius 3 is 2.64 bits per heavy atom. The van der Waals surface area contributed by atoms with Crippen LogP contribution in [0.1, 0.15) is 39.5 Å². The van der Waals surface area contributed by atoms with E-state index in [-0.39, 0.29) is 0 Å². The molecule has 1 unspecified atom stereocenters. The van der Waals surface area contributed by atoms with Crippen molar-refractivity contribution in [3.05, 3.63) is 0 Å². The van der Waals surface area contributed by atoms with E-state index in [0.717, 1.165) is 36.8 Å². The predicted molar refractivity (Wildman–Crippen MR) is 98.9 cm³/mol. The molecule has 1 N–H and O–H groups in total. The second-order valence-corrected chi connectivity index (χ2v) is 7.97.